The molecule has 1 fully saturated rings. The SMILES string of the molecule is O=C(Nc1ccc2cc(Cl)ccc2c1)C1CCNC1. The van der Waals surface area contributed by atoms with Gasteiger partial charge in [-0.2, -0.15) is 0 Å². The molecule has 0 aromatic heterocycles. The number of benzene rings is 2. The van der Waals surface area contributed by atoms with Gasteiger partial charge in [0.05, 0.1) is 5.92 Å². The predicted molar refractivity (Wildman–Crippen MR) is 78.6 cm³/mol. The van der Waals surface area contributed by atoms with Crippen LogP contribution in [0.3, 0.4) is 0 Å². The molecular formula is C15H15ClN2O. The number of halogens is 1. The van der Waals surface area contributed by atoms with Crippen LogP contribution in [-0.2, 0) is 4.79 Å². The van der Waals surface area contributed by atoms with E-state index in [2.05, 4.69) is 10.6 Å². The highest BCUT2D eigenvalue weighted by atomic mass is 35.5. The monoisotopic (exact) mass is 274 g/mol. The molecule has 1 unspecified atom stereocenters. The first-order valence-corrected chi connectivity index (χ1v) is 6.81. The summed E-state index contributed by atoms with van der Waals surface area (Å²) in [4.78, 5) is 12.0. The Morgan fingerprint density at radius 2 is 2.00 bits per heavy atom. The maximum Gasteiger partial charge on any atom is 0.228 e. The van der Waals surface area contributed by atoms with Gasteiger partial charge in [-0.25, -0.2) is 0 Å². The zero-order valence-corrected chi connectivity index (χ0v) is 11.2. The molecule has 0 aliphatic carbocycles. The van der Waals surface area contributed by atoms with Gasteiger partial charge in [0.25, 0.3) is 0 Å². The molecule has 1 aliphatic rings. The van der Waals surface area contributed by atoms with Crippen LogP contribution in [0.2, 0.25) is 5.02 Å². The molecule has 4 heteroatoms. The lowest BCUT2D eigenvalue weighted by molar-refractivity contribution is -0.119. The van der Waals surface area contributed by atoms with Crippen molar-refractivity contribution in [3.8, 4) is 0 Å². The number of anilines is 1. The molecule has 2 aromatic carbocycles. The Morgan fingerprint density at radius 1 is 1.21 bits per heavy atom. The molecule has 2 aromatic rings. The third-order valence-electron chi connectivity index (χ3n) is 3.50. The van der Waals surface area contributed by atoms with Gasteiger partial charge < -0.3 is 10.6 Å². The first kappa shape index (κ1) is 12.5. The summed E-state index contributed by atoms with van der Waals surface area (Å²) in [6.45, 7) is 1.70. The van der Waals surface area contributed by atoms with E-state index in [0.717, 1.165) is 41.0 Å². The lowest BCUT2D eigenvalue weighted by Crippen LogP contribution is -2.24. The van der Waals surface area contributed by atoms with E-state index in [9.17, 15) is 4.79 Å². The Kier molecular flexibility index (Phi) is 3.40. The topological polar surface area (TPSA) is 41.1 Å². The van der Waals surface area contributed by atoms with Crippen LogP contribution in [0.4, 0.5) is 5.69 Å². The molecule has 1 heterocycles. The van der Waals surface area contributed by atoms with Crippen LogP contribution < -0.4 is 10.6 Å². The Hall–Kier alpha value is -1.58. The summed E-state index contributed by atoms with van der Waals surface area (Å²) < 4.78 is 0. The number of hydrogen-bond donors (Lipinski definition) is 2. The Bertz CT molecular complexity index is 621. The van der Waals surface area contributed by atoms with Crippen molar-refractivity contribution in [2.75, 3.05) is 18.4 Å². The van der Waals surface area contributed by atoms with Gasteiger partial charge in [-0.15, -0.1) is 0 Å². The lowest BCUT2D eigenvalue weighted by atomic mass is 10.1. The molecule has 0 saturated carbocycles. The van der Waals surface area contributed by atoms with Gasteiger partial charge in [-0.05, 0) is 48.0 Å². The maximum atomic E-state index is 12.0. The number of carbonyl (C=O) groups excluding carboxylic acids is 1. The number of fused-ring (bicyclic) bond motifs is 1. The summed E-state index contributed by atoms with van der Waals surface area (Å²) in [6, 6.07) is 11.6. The van der Waals surface area contributed by atoms with E-state index in [1.165, 1.54) is 0 Å². The normalized spacial score (nSPS) is 18.7. The van der Waals surface area contributed by atoms with Gasteiger partial charge in [0.15, 0.2) is 0 Å². The van der Waals surface area contributed by atoms with Crippen molar-refractivity contribution >= 4 is 34.0 Å². The quantitative estimate of drug-likeness (QED) is 0.884. The standard InChI is InChI=1S/C15H15ClN2O/c16-13-3-1-11-8-14(4-2-10(11)7-13)18-15(19)12-5-6-17-9-12/h1-4,7-8,12,17H,5-6,9H2,(H,18,19). The van der Waals surface area contributed by atoms with Crippen LogP contribution >= 0.6 is 11.6 Å². The molecule has 19 heavy (non-hydrogen) atoms. The highest BCUT2D eigenvalue weighted by molar-refractivity contribution is 6.31. The van der Waals surface area contributed by atoms with E-state index in [0.29, 0.717) is 0 Å². The summed E-state index contributed by atoms with van der Waals surface area (Å²) in [5.74, 6) is 0.180. The fourth-order valence-electron chi connectivity index (χ4n) is 2.42. The third kappa shape index (κ3) is 2.72. The second kappa shape index (κ2) is 5.19. The van der Waals surface area contributed by atoms with Gasteiger partial charge in [-0.3, -0.25) is 4.79 Å². The van der Waals surface area contributed by atoms with Gasteiger partial charge in [0, 0.05) is 17.3 Å². The summed E-state index contributed by atoms with van der Waals surface area (Å²) in [5, 5.41) is 9.05. The highest BCUT2D eigenvalue weighted by Gasteiger charge is 2.22. The van der Waals surface area contributed by atoms with Gasteiger partial charge in [0.2, 0.25) is 5.91 Å². The van der Waals surface area contributed by atoms with Crippen LogP contribution in [0, 0.1) is 5.92 Å². The van der Waals surface area contributed by atoms with Crippen molar-refractivity contribution in [2.24, 2.45) is 5.92 Å². The molecule has 98 valence electrons. The molecule has 2 N–H and O–H groups in total. The predicted octanol–water partition coefficient (Wildman–Crippen LogP) is 3.04. The minimum absolute atomic E-state index is 0.0842. The zero-order chi connectivity index (χ0) is 13.2. The van der Waals surface area contributed by atoms with Crippen LogP contribution in [0.25, 0.3) is 10.8 Å². The number of carbonyl (C=O) groups is 1. The second-order valence-electron chi connectivity index (χ2n) is 4.89. The molecule has 0 radical (unpaired) electrons. The molecule has 3 nitrogen and oxygen atoms in total. The smallest absolute Gasteiger partial charge is 0.228 e. The molecule has 1 aliphatic heterocycles. The molecule has 1 amide bonds. The maximum absolute atomic E-state index is 12.0. The summed E-state index contributed by atoms with van der Waals surface area (Å²) in [7, 11) is 0. The van der Waals surface area contributed by atoms with E-state index in [1.807, 2.05) is 36.4 Å². The number of amides is 1. The van der Waals surface area contributed by atoms with E-state index >= 15 is 0 Å². The number of rotatable bonds is 2. The van der Waals surface area contributed by atoms with E-state index in [1.54, 1.807) is 0 Å². The fourth-order valence-corrected chi connectivity index (χ4v) is 2.60. The van der Waals surface area contributed by atoms with Crippen molar-refractivity contribution in [2.45, 2.75) is 6.42 Å². The Morgan fingerprint density at radius 3 is 2.79 bits per heavy atom. The average Bonchev–Trinajstić information content (AvgIpc) is 2.93. The Labute approximate surface area is 116 Å². The summed E-state index contributed by atoms with van der Waals surface area (Å²) in [6.07, 6.45) is 0.912. The summed E-state index contributed by atoms with van der Waals surface area (Å²) in [5.41, 5.74) is 0.840. The molecule has 0 spiro atoms. The Balaban J connectivity index is 1.81. The van der Waals surface area contributed by atoms with Crippen molar-refractivity contribution in [1.29, 1.82) is 0 Å². The molecule has 3 rings (SSSR count). The van der Waals surface area contributed by atoms with E-state index in [-0.39, 0.29) is 11.8 Å². The molecule has 0 bridgehead atoms. The number of hydrogen-bond acceptors (Lipinski definition) is 2. The van der Waals surface area contributed by atoms with Gasteiger partial charge >= 0.3 is 0 Å². The van der Waals surface area contributed by atoms with Crippen molar-refractivity contribution in [3.05, 3.63) is 41.4 Å². The van der Waals surface area contributed by atoms with Crippen LogP contribution in [0.15, 0.2) is 36.4 Å². The minimum atomic E-state index is 0.0842. The van der Waals surface area contributed by atoms with Crippen LogP contribution in [0.1, 0.15) is 6.42 Å². The van der Waals surface area contributed by atoms with Crippen molar-refractivity contribution in [3.63, 3.8) is 0 Å². The highest BCUT2D eigenvalue weighted by Crippen LogP contribution is 2.23. The first-order chi connectivity index (χ1) is 9.22. The zero-order valence-electron chi connectivity index (χ0n) is 10.4. The second-order valence-corrected chi connectivity index (χ2v) is 5.32. The van der Waals surface area contributed by atoms with E-state index < -0.39 is 0 Å². The summed E-state index contributed by atoms with van der Waals surface area (Å²) >= 11 is 5.95. The van der Waals surface area contributed by atoms with Crippen molar-refractivity contribution < 1.29 is 4.79 Å². The first-order valence-electron chi connectivity index (χ1n) is 6.43. The fraction of sp³-hybridized carbons (Fsp3) is 0.267. The lowest BCUT2D eigenvalue weighted by Gasteiger charge is -2.10. The third-order valence-corrected chi connectivity index (χ3v) is 3.74. The van der Waals surface area contributed by atoms with Crippen molar-refractivity contribution in [1.82, 2.24) is 5.32 Å². The molecule has 1 saturated heterocycles. The van der Waals surface area contributed by atoms with Gasteiger partial charge in [0.1, 0.15) is 0 Å². The van der Waals surface area contributed by atoms with Gasteiger partial charge in [-0.1, -0.05) is 23.7 Å². The van der Waals surface area contributed by atoms with Crippen LogP contribution in [0.5, 0.6) is 0 Å². The van der Waals surface area contributed by atoms with Crippen LogP contribution in [-0.4, -0.2) is 19.0 Å². The number of nitrogens with one attached hydrogen (secondary N) is 2. The minimum Gasteiger partial charge on any atom is -0.326 e. The average molecular weight is 275 g/mol. The van der Waals surface area contributed by atoms with E-state index in [4.69, 9.17) is 11.6 Å². The largest absolute Gasteiger partial charge is 0.326 e. The molecular weight excluding hydrogens is 260 g/mol. The molecule has 1 atom stereocenters.